The SMILES string of the molecule is NNc1ccc([N+](=O)[O-])c(C(=O)NCc2ccccc2)c1. The number of anilines is 1. The minimum Gasteiger partial charge on any atom is -0.348 e. The van der Waals surface area contributed by atoms with E-state index in [1.807, 2.05) is 30.3 Å². The molecule has 0 atom stereocenters. The van der Waals surface area contributed by atoms with Gasteiger partial charge in [-0.15, -0.1) is 0 Å². The highest BCUT2D eigenvalue weighted by Crippen LogP contribution is 2.22. The van der Waals surface area contributed by atoms with Crippen molar-refractivity contribution in [2.24, 2.45) is 5.84 Å². The number of nitro benzene ring substituents is 1. The predicted molar refractivity (Wildman–Crippen MR) is 78.5 cm³/mol. The Labute approximate surface area is 120 Å². The van der Waals surface area contributed by atoms with Gasteiger partial charge in [-0.2, -0.15) is 0 Å². The van der Waals surface area contributed by atoms with Crippen molar-refractivity contribution in [2.45, 2.75) is 6.54 Å². The van der Waals surface area contributed by atoms with Gasteiger partial charge in [-0.3, -0.25) is 20.8 Å². The zero-order valence-corrected chi connectivity index (χ0v) is 11.1. The summed E-state index contributed by atoms with van der Waals surface area (Å²) < 4.78 is 0. The van der Waals surface area contributed by atoms with Gasteiger partial charge >= 0.3 is 0 Å². The molecule has 0 bridgehead atoms. The molecule has 2 rings (SSSR count). The number of rotatable bonds is 5. The number of nitrogens with two attached hydrogens (primary N) is 1. The van der Waals surface area contributed by atoms with Crippen LogP contribution in [0.2, 0.25) is 0 Å². The lowest BCUT2D eigenvalue weighted by molar-refractivity contribution is -0.385. The van der Waals surface area contributed by atoms with Crippen molar-refractivity contribution in [3.05, 3.63) is 69.8 Å². The number of amides is 1. The Kier molecular flexibility index (Phi) is 4.47. The Morgan fingerprint density at radius 2 is 1.90 bits per heavy atom. The first-order chi connectivity index (χ1) is 10.1. The maximum atomic E-state index is 12.1. The summed E-state index contributed by atoms with van der Waals surface area (Å²) in [6.07, 6.45) is 0. The van der Waals surface area contributed by atoms with Crippen LogP contribution in [0.5, 0.6) is 0 Å². The highest BCUT2D eigenvalue weighted by molar-refractivity contribution is 5.99. The normalized spacial score (nSPS) is 9.95. The number of nitrogen functional groups attached to an aromatic ring is 1. The second kappa shape index (κ2) is 6.49. The van der Waals surface area contributed by atoms with Gasteiger partial charge in [0.15, 0.2) is 0 Å². The first-order valence-corrected chi connectivity index (χ1v) is 6.19. The number of benzene rings is 2. The molecule has 2 aromatic carbocycles. The average molecular weight is 286 g/mol. The lowest BCUT2D eigenvalue weighted by Crippen LogP contribution is -2.24. The third-order valence-corrected chi connectivity index (χ3v) is 2.90. The van der Waals surface area contributed by atoms with E-state index in [0.29, 0.717) is 5.69 Å². The maximum Gasteiger partial charge on any atom is 0.282 e. The van der Waals surface area contributed by atoms with Crippen LogP contribution in [0.15, 0.2) is 48.5 Å². The molecule has 0 aliphatic rings. The number of hydrazine groups is 1. The van der Waals surface area contributed by atoms with Gasteiger partial charge in [-0.25, -0.2) is 0 Å². The van der Waals surface area contributed by atoms with Crippen LogP contribution in [0.4, 0.5) is 11.4 Å². The lowest BCUT2D eigenvalue weighted by Gasteiger charge is -2.07. The summed E-state index contributed by atoms with van der Waals surface area (Å²) in [5, 5.41) is 13.6. The summed E-state index contributed by atoms with van der Waals surface area (Å²) in [6, 6.07) is 13.3. The molecule has 0 aromatic heterocycles. The minimum absolute atomic E-state index is 0.0358. The monoisotopic (exact) mass is 286 g/mol. The molecule has 0 saturated carbocycles. The lowest BCUT2D eigenvalue weighted by atomic mass is 10.1. The minimum atomic E-state index is -0.599. The molecule has 0 aliphatic heterocycles. The van der Waals surface area contributed by atoms with Crippen LogP contribution in [0.1, 0.15) is 15.9 Å². The van der Waals surface area contributed by atoms with Crippen LogP contribution < -0.4 is 16.6 Å². The summed E-state index contributed by atoms with van der Waals surface area (Å²) in [6.45, 7) is 0.289. The number of hydrogen-bond donors (Lipinski definition) is 3. The van der Waals surface area contributed by atoms with Crippen molar-refractivity contribution >= 4 is 17.3 Å². The van der Waals surface area contributed by atoms with Crippen molar-refractivity contribution in [3.8, 4) is 0 Å². The maximum absolute atomic E-state index is 12.1. The van der Waals surface area contributed by atoms with Gasteiger partial charge in [0.25, 0.3) is 11.6 Å². The summed E-state index contributed by atoms with van der Waals surface area (Å²) >= 11 is 0. The zero-order valence-electron chi connectivity index (χ0n) is 11.1. The average Bonchev–Trinajstić information content (AvgIpc) is 2.52. The molecule has 1 amide bonds. The van der Waals surface area contributed by atoms with Gasteiger partial charge < -0.3 is 10.7 Å². The van der Waals surface area contributed by atoms with Crippen molar-refractivity contribution in [2.75, 3.05) is 5.43 Å². The van der Waals surface area contributed by atoms with Gasteiger partial charge in [0.1, 0.15) is 5.56 Å². The van der Waals surface area contributed by atoms with Gasteiger partial charge in [-0.05, 0) is 17.7 Å². The molecule has 7 heteroatoms. The molecule has 0 spiro atoms. The molecule has 0 radical (unpaired) electrons. The zero-order chi connectivity index (χ0) is 15.2. The van der Waals surface area contributed by atoms with E-state index in [-0.39, 0.29) is 17.8 Å². The molecule has 4 N–H and O–H groups in total. The van der Waals surface area contributed by atoms with Gasteiger partial charge in [0, 0.05) is 18.3 Å². The van der Waals surface area contributed by atoms with Crippen LogP contribution in [-0.2, 0) is 6.54 Å². The Hall–Kier alpha value is -2.93. The topological polar surface area (TPSA) is 110 Å². The molecule has 7 nitrogen and oxygen atoms in total. The van der Waals surface area contributed by atoms with Gasteiger partial charge in [0.05, 0.1) is 4.92 Å². The molecule has 0 saturated heterocycles. The number of nitrogens with one attached hydrogen (secondary N) is 2. The predicted octanol–water partition coefficient (Wildman–Crippen LogP) is 1.81. The molecule has 2 aromatic rings. The van der Waals surface area contributed by atoms with Crippen molar-refractivity contribution in [1.29, 1.82) is 0 Å². The number of carbonyl (C=O) groups is 1. The number of carbonyl (C=O) groups excluding carboxylic acids is 1. The second-order valence-corrected chi connectivity index (χ2v) is 4.30. The fraction of sp³-hybridized carbons (Fsp3) is 0.0714. The summed E-state index contributed by atoms with van der Waals surface area (Å²) in [7, 11) is 0. The summed E-state index contributed by atoms with van der Waals surface area (Å²) in [5.41, 5.74) is 3.39. The highest BCUT2D eigenvalue weighted by Gasteiger charge is 2.20. The first-order valence-electron chi connectivity index (χ1n) is 6.19. The van der Waals surface area contributed by atoms with Crippen LogP contribution in [0.25, 0.3) is 0 Å². The van der Waals surface area contributed by atoms with Crippen LogP contribution >= 0.6 is 0 Å². The third-order valence-electron chi connectivity index (χ3n) is 2.90. The molecule has 0 fully saturated rings. The van der Waals surface area contributed by atoms with Crippen molar-refractivity contribution in [1.82, 2.24) is 5.32 Å². The molecule has 108 valence electrons. The smallest absolute Gasteiger partial charge is 0.282 e. The summed E-state index contributed by atoms with van der Waals surface area (Å²) in [4.78, 5) is 22.5. The van der Waals surface area contributed by atoms with Crippen LogP contribution in [-0.4, -0.2) is 10.8 Å². The number of hydrogen-bond acceptors (Lipinski definition) is 5. The van der Waals surface area contributed by atoms with Crippen LogP contribution in [0.3, 0.4) is 0 Å². The van der Waals surface area contributed by atoms with E-state index >= 15 is 0 Å². The van der Waals surface area contributed by atoms with E-state index in [1.165, 1.54) is 18.2 Å². The molecule has 21 heavy (non-hydrogen) atoms. The second-order valence-electron chi connectivity index (χ2n) is 4.30. The standard InChI is InChI=1S/C14H14N4O3/c15-17-11-6-7-13(18(20)21)12(8-11)14(19)16-9-10-4-2-1-3-5-10/h1-8,17H,9,15H2,(H,16,19). The van der Waals surface area contributed by atoms with E-state index in [4.69, 9.17) is 5.84 Å². The van der Waals surface area contributed by atoms with E-state index < -0.39 is 10.8 Å². The largest absolute Gasteiger partial charge is 0.348 e. The van der Waals surface area contributed by atoms with Crippen molar-refractivity contribution in [3.63, 3.8) is 0 Å². The van der Waals surface area contributed by atoms with E-state index in [9.17, 15) is 14.9 Å². The van der Waals surface area contributed by atoms with Crippen LogP contribution in [0, 0.1) is 10.1 Å². The molecule has 0 unspecified atom stereocenters. The van der Waals surface area contributed by atoms with E-state index in [0.717, 1.165) is 5.56 Å². The van der Waals surface area contributed by atoms with Gasteiger partial charge in [0.2, 0.25) is 0 Å². The molecule has 0 heterocycles. The van der Waals surface area contributed by atoms with E-state index in [1.54, 1.807) is 0 Å². The van der Waals surface area contributed by atoms with E-state index in [2.05, 4.69) is 10.7 Å². The Bertz CT molecular complexity index is 659. The fourth-order valence-corrected chi connectivity index (χ4v) is 1.84. The Balaban J connectivity index is 2.19. The third kappa shape index (κ3) is 3.54. The molecular weight excluding hydrogens is 272 g/mol. The van der Waals surface area contributed by atoms with Crippen molar-refractivity contribution < 1.29 is 9.72 Å². The molecular formula is C14H14N4O3. The quantitative estimate of drug-likeness (QED) is 0.441. The summed E-state index contributed by atoms with van der Waals surface area (Å²) in [5.74, 6) is 4.73. The Morgan fingerprint density at radius 1 is 1.19 bits per heavy atom. The first kappa shape index (κ1) is 14.5. The Morgan fingerprint density at radius 3 is 2.52 bits per heavy atom. The highest BCUT2D eigenvalue weighted by atomic mass is 16.6. The number of nitro groups is 1. The van der Waals surface area contributed by atoms with Gasteiger partial charge in [-0.1, -0.05) is 30.3 Å². The fourth-order valence-electron chi connectivity index (χ4n) is 1.84. The number of nitrogens with zero attached hydrogens (tertiary/aromatic N) is 1. The molecule has 0 aliphatic carbocycles.